The molecule has 0 radical (unpaired) electrons. The van der Waals surface area contributed by atoms with Crippen molar-refractivity contribution in [3.63, 3.8) is 0 Å². The van der Waals surface area contributed by atoms with Crippen LogP contribution in [0.5, 0.6) is 0 Å². The van der Waals surface area contributed by atoms with Gasteiger partial charge in [-0.25, -0.2) is 14.8 Å². The second-order valence-electron chi connectivity index (χ2n) is 3.32. The van der Waals surface area contributed by atoms with Gasteiger partial charge in [-0.05, 0) is 6.26 Å². The number of thioether (sulfide) groups is 2. The Balaban J connectivity index is 2.80. The predicted molar refractivity (Wildman–Crippen MR) is 75.4 cm³/mol. The smallest absolute Gasteiger partial charge is 0.355 e. The molecule has 0 aliphatic heterocycles. The number of hydrogen-bond acceptors (Lipinski definition) is 6. The number of aromatic carboxylic acids is 1. The van der Waals surface area contributed by atoms with Gasteiger partial charge >= 0.3 is 5.97 Å². The highest BCUT2D eigenvalue weighted by molar-refractivity contribution is 8.13. The van der Waals surface area contributed by atoms with E-state index in [0.29, 0.717) is 17.3 Å². The molecule has 0 unspecified atom stereocenters. The maximum absolute atomic E-state index is 11.1. The first kappa shape index (κ1) is 15.5. The van der Waals surface area contributed by atoms with Crippen LogP contribution in [-0.2, 0) is 4.79 Å². The zero-order valence-electron chi connectivity index (χ0n) is 10.5. The highest BCUT2D eigenvalue weighted by Crippen LogP contribution is 2.11. The Hall–Kier alpha value is -1.52. The van der Waals surface area contributed by atoms with Crippen LogP contribution < -0.4 is 0 Å². The van der Waals surface area contributed by atoms with Gasteiger partial charge in [-0.3, -0.25) is 4.79 Å². The van der Waals surface area contributed by atoms with Crippen molar-refractivity contribution >= 4 is 34.6 Å². The van der Waals surface area contributed by atoms with Gasteiger partial charge in [0.2, 0.25) is 0 Å². The fourth-order valence-corrected chi connectivity index (χ4v) is 1.95. The fraction of sp³-hybridized carbons (Fsp3) is 0.333. The van der Waals surface area contributed by atoms with E-state index >= 15 is 0 Å². The zero-order chi connectivity index (χ0) is 14.3. The average molecular weight is 296 g/mol. The van der Waals surface area contributed by atoms with Crippen molar-refractivity contribution in [2.75, 3.05) is 12.0 Å². The van der Waals surface area contributed by atoms with Crippen molar-refractivity contribution in [3.8, 4) is 11.8 Å². The second-order valence-corrected chi connectivity index (χ2v) is 5.36. The quantitative estimate of drug-likeness (QED) is 0.393. The Morgan fingerprint density at radius 2 is 2.21 bits per heavy atom. The first-order chi connectivity index (χ1) is 9.04. The molecule has 0 saturated heterocycles. The molecular formula is C12H12N2O3S2. The molecule has 0 amide bonds. The van der Waals surface area contributed by atoms with Crippen LogP contribution in [0.1, 0.15) is 29.4 Å². The van der Waals surface area contributed by atoms with Crippen LogP contribution in [0, 0.1) is 11.8 Å². The minimum atomic E-state index is -1.12. The summed E-state index contributed by atoms with van der Waals surface area (Å²) in [5.41, 5.74) is 0.198. The lowest BCUT2D eigenvalue weighted by Crippen LogP contribution is -2.06. The first-order valence-corrected chi connectivity index (χ1v) is 7.52. The fourth-order valence-electron chi connectivity index (χ4n) is 1.12. The average Bonchev–Trinajstić information content (AvgIpc) is 2.38. The molecule has 100 valence electrons. The third kappa shape index (κ3) is 5.32. The molecule has 1 aromatic rings. The summed E-state index contributed by atoms with van der Waals surface area (Å²) >= 11 is 2.46. The SMILES string of the molecule is CSc1ncc(C#CCCSC(C)=O)c(C(=O)O)n1. The molecule has 19 heavy (non-hydrogen) atoms. The largest absolute Gasteiger partial charge is 0.476 e. The van der Waals surface area contributed by atoms with Crippen LogP contribution in [0.15, 0.2) is 11.4 Å². The number of hydrogen-bond donors (Lipinski definition) is 1. The number of carboxylic acid groups (broad SMARTS) is 1. The molecule has 0 aliphatic carbocycles. The van der Waals surface area contributed by atoms with E-state index < -0.39 is 5.97 Å². The van der Waals surface area contributed by atoms with Crippen molar-refractivity contribution in [2.24, 2.45) is 0 Å². The number of nitrogens with zero attached hydrogens (tertiary/aromatic N) is 2. The highest BCUT2D eigenvalue weighted by Gasteiger charge is 2.12. The summed E-state index contributed by atoms with van der Waals surface area (Å²) < 4.78 is 0. The van der Waals surface area contributed by atoms with Crippen LogP contribution in [0.3, 0.4) is 0 Å². The number of carbonyl (C=O) groups excluding carboxylic acids is 1. The Kier molecular flexibility index (Phi) is 6.39. The molecule has 1 N–H and O–H groups in total. The molecular weight excluding hydrogens is 284 g/mol. The minimum Gasteiger partial charge on any atom is -0.476 e. The maximum Gasteiger partial charge on any atom is 0.355 e. The van der Waals surface area contributed by atoms with E-state index in [1.807, 2.05) is 0 Å². The number of carboxylic acids is 1. The van der Waals surface area contributed by atoms with Crippen molar-refractivity contribution in [1.29, 1.82) is 0 Å². The Morgan fingerprint density at radius 1 is 1.47 bits per heavy atom. The molecule has 5 nitrogen and oxygen atoms in total. The summed E-state index contributed by atoms with van der Waals surface area (Å²) in [6, 6.07) is 0. The first-order valence-electron chi connectivity index (χ1n) is 5.31. The minimum absolute atomic E-state index is 0.0423. The Labute approximate surface area is 119 Å². The third-order valence-corrected chi connectivity index (χ3v) is 3.28. The number of aromatic nitrogens is 2. The van der Waals surface area contributed by atoms with Gasteiger partial charge in [0.25, 0.3) is 0 Å². The number of rotatable bonds is 4. The Bertz CT molecular complexity index is 550. The van der Waals surface area contributed by atoms with Crippen molar-refractivity contribution < 1.29 is 14.7 Å². The summed E-state index contributed by atoms with van der Waals surface area (Å²) in [7, 11) is 0. The van der Waals surface area contributed by atoms with Crippen LogP contribution in [0.25, 0.3) is 0 Å². The third-order valence-electron chi connectivity index (χ3n) is 1.91. The number of carbonyl (C=O) groups is 2. The van der Waals surface area contributed by atoms with E-state index in [-0.39, 0.29) is 16.4 Å². The van der Waals surface area contributed by atoms with Crippen molar-refractivity contribution in [2.45, 2.75) is 18.5 Å². The zero-order valence-corrected chi connectivity index (χ0v) is 12.1. The molecule has 0 atom stereocenters. The van der Waals surface area contributed by atoms with Gasteiger partial charge in [-0.1, -0.05) is 35.4 Å². The van der Waals surface area contributed by atoms with E-state index in [4.69, 9.17) is 5.11 Å². The van der Waals surface area contributed by atoms with Gasteiger partial charge < -0.3 is 5.11 Å². The van der Waals surface area contributed by atoms with E-state index in [9.17, 15) is 9.59 Å². The van der Waals surface area contributed by atoms with Crippen LogP contribution >= 0.6 is 23.5 Å². The molecule has 0 saturated carbocycles. The molecule has 7 heteroatoms. The lowest BCUT2D eigenvalue weighted by molar-refractivity contribution is -0.109. The molecule has 1 heterocycles. The lowest BCUT2D eigenvalue weighted by Gasteiger charge is -1.99. The highest BCUT2D eigenvalue weighted by atomic mass is 32.2. The van der Waals surface area contributed by atoms with Gasteiger partial charge in [0.05, 0.1) is 5.56 Å². The van der Waals surface area contributed by atoms with E-state index in [1.165, 1.54) is 36.6 Å². The van der Waals surface area contributed by atoms with Gasteiger partial charge in [-0.2, -0.15) is 0 Å². The topological polar surface area (TPSA) is 80.2 Å². The van der Waals surface area contributed by atoms with Crippen LogP contribution in [0.4, 0.5) is 0 Å². The lowest BCUT2D eigenvalue weighted by atomic mass is 10.2. The molecule has 0 bridgehead atoms. The standard InChI is InChI=1S/C12H12N2O3S2/c1-8(15)19-6-4-3-5-9-7-13-12(18-2)14-10(9)11(16)17/h7H,4,6H2,1-2H3,(H,16,17). The van der Waals surface area contributed by atoms with Crippen molar-refractivity contribution in [1.82, 2.24) is 9.97 Å². The summed E-state index contributed by atoms with van der Waals surface area (Å²) in [4.78, 5) is 29.7. The van der Waals surface area contributed by atoms with Gasteiger partial charge in [0.1, 0.15) is 0 Å². The summed E-state index contributed by atoms with van der Waals surface area (Å²) in [5, 5.41) is 9.49. The van der Waals surface area contributed by atoms with Gasteiger partial charge in [0.15, 0.2) is 16.0 Å². The Morgan fingerprint density at radius 3 is 2.79 bits per heavy atom. The van der Waals surface area contributed by atoms with Crippen LogP contribution in [-0.4, -0.2) is 38.2 Å². The summed E-state index contributed by atoms with van der Waals surface area (Å²) in [6.45, 7) is 1.50. The molecule has 1 aromatic heterocycles. The molecule has 0 spiro atoms. The summed E-state index contributed by atoms with van der Waals surface area (Å²) in [6.07, 6.45) is 3.69. The molecule has 1 rings (SSSR count). The molecule has 0 aromatic carbocycles. The van der Waals surface area contributed by atoms with E-state index in [0.717, 1.165) is 0 Å². The van der Waals surface area contributed by atoms with E-state index in [2.05, 4.69) is 21.8 Å². The maximum atomic E-state index is 11.1. The monoisotopic (exact) mass is 296 g/mol. The second kappa shape index (κ2) is 7.81. The molecule has 0 aliphatic rings. The summed E-state index contributed by atoms with van der Waals surface area (Å²) in [5.74, 6) is 5.01. The van der Waals surface area contributed by atoms with E-state index in [1.54, 1.807) is 6.26 Å². The van der Waals surface area contributed by atoms with Gasteiger partial charge in [0, 0.05) is 25.3 Å². The van der Waals surface area contributed by atoms with Crippen molar-refractivity contribution in [3.05, 3.63) is 17.5 Å². The normalized spacial score (nSPS) is 9.58. The molecule has 0 fully saturated rings. The van der Waals surface area contributed by atoms with Crippen LogP contribution in [0.2, 0.25) is 0 Å². The predicted octanol–water partition coefficient (Wildman–Crippen LogP) is 1.92. The van der Waals surface area contributed by atoms with Gasteiger partial charge in [-0.15, -0.1) is 0 Å².